The van der Waals surface area contributed by atoms with Gasteiger partial charge in [0.15, 0.2) is 6.29 Å². The summed E-state index contributed by atoms with van der Waals surface area (Å²) < 4.78 is 23.2. The number of rotatable bonds is 6. The molecule has 0 spiro atoms. The van der Waals surface area contributed by atoms with Gasteiger partial charge in [-0.2, -0.15) is 0 Å². The van der Waals surface area contributed by atoms with E-state index in [2.05, 4.69) is 5.32 Å². The van der Waals surface area contributed by atoms with Crippen molar-refractivity contribution in [2.75, 3.05) is 13.7 Å². The molecule has 12 nitrogen and oxygen atoms in total. The molecule has 0 bridgehead atoms. The Bertz CT molecular complexity index is 666. The first-order valence-corrected chi connectivity index (χ1v) is 11.0. The third-order valence-corrected chi connectivity index (χ3v) is 6.43. The molecule has 0 amide bonds. The molecule has 1 aliphatic carbocycles. The van der Waals surface area contributed by atoms with Gasteiger partial charge in [0.25, 0.3) is 0 Å². The fraction of sp³-hybridized carbons (Fsp3) is 0.900. The summed E-state index contributed by atoms with van der Waals surface area (Å²) in [5.41, 5.74) is 23.2. The Labute approximate surface area is 188 Å². The minimum atomic E-state index is -1.30. The van der Waals surface area contributed by atoms with Crippen LogP contribution in [-0.2, 0) is 18.9 Å². The fourth-order valence-electron chi connectivity index (χ4n) is 4.57. The number of hydrogen-bond donors (Lipinski definition) is 8. The van der Waals surface area contributed by atoms with Crippen molar-refractivity contribution in [3.05, 3.63) is 11.8 Å². The average Bonchev–Trinajstić information content (AvgIpc) is 2.71. The summed E-state index contributed by atoms with van der Waals surface area (Å²) in [6, 6.07) is -2.72. The first-order valence-electron chi connectivity index (χ1n) is 11.0. The van der Waals surface area contributed by atoms with Crippen LogP contribution in [0.3, 0.4) is 0 Å². The summed E-state index contributed by atoms with van der Waals surface area (Å²) >= 11 is 0. The van der Waals surface area contributed by atoms with Gasteiger partial charge in [0.2, 0.25) is 6.29 Å². The zero-order valence-electron chi connectivity index (χ0n) is 18.8. The van der Waals surface area contributed by atoms with Gasteiger partial charge in [-0.25, -0.2) is 0 Å². The Kier molecular flexibility index (Phi) is 8.16. The van der Waals surface area contributed by atoms with Gasteiger partial charge >= 0.3 is 0 Å². The number of aliphatic hydroxyl groups excluding tert-OH is 2. The van der Waals surface area contributed by atoms with Crippen LogP contribution in [0.5, 0.6) is 0 Å². The van der Waals surface area contributed by atoms with Gasteiger partial charge in [0, 0.05) is 12.1 Å². The van der Waals surface area contributed by atoms with Crippen LogP contribution in [-0.4, -0.2) is 102 Å². The molecule has 2 aliphatic heterocycles. The molecule has 186 valence electrons. The Morgan fingerprint density at radius 2 is 1.69 bits per heavy atom. The lowest BCUT2D eigenvalue weighted by molar-refractivity contribution is -0.303. The molecule has 12 N–H and O–H groups in total. The topological polar surface area (TPSA) is 214 Å². The van der Waals surface area contributed by atoms with Crippen molar-refractivity contribution in [2.24, 2.45) is 22.9 Å². The normalized spacial score (nSPS) is 48.6. The minimum absolute atomic E-state index is 0.0745. The number of likely N-dealkylation sites (N-methyl/N-ethyl adjacent to an activating group) is 1. The number of aliphatic hydroxyl groups is 3. The van der Waals surface area contributed by atoms with E-state index in [4.69, 9.17) is 41.9 Å². The molecule has 2 heterocycles. The number of nitrogens with two attached hydrogens (primary N) is 4. The van der Waals surface area contributed by atoms with E-state index >= 15 is 0 Å². The summed E-state index contributed by atoms with van der Waals surface area (Å²) in [6.07, 6.45) is -3.60. The lowest BCUT2D eigenvalue weighted by Crippen LogP contribution is -2.68. The standard InChI is InChI=1S/C20H39N5O7/c1-8(21)12-5-4-9(22)18(30-12)31-15-10(23)6-11(24)16(13(15)26)32-19-14(27)17(25-3)20(2,28)7-29-19/h5,8-11,13-19,25-28H,4,6-7,21-24H2,1-3H3/t8-,9-,10+,11-,13+,14-,15-,16+,17-,18-,19-,20+/m1/s1. The highest BCUT2D eigenvalue weighted by molar-refractivity contribution is 5.07. The zero-order chi connectivity index (χ0) is 23.8. The molecule has 3 aliphatic rings. The molecule has 12 atom stereocenters. The van der Waals surface area contributed by atoms with Gasteiger partial charge in [-0.1, -0.05) is 0 Å². The van der Waals surface area contributed by atoms with E-state index in [1.54, 1.807) is 20.9 Å². The summed E-state index contributed by atoms with van der Waals surface area (Å²) in [6.45, 7) is 3.26. The van der Waals surface area contributed by atoms with Gasteiger partial charge in [-0.05, 0) is 39.8 Å². The molecule has 1 saturated carbocycles. The van der Waals surface area contributed by atoms with Crippen LogP contribution >= 0.6 is 0 Å². The Morgan fingerprint density at radius 1 is 1.09 bits per heavy atom. The number of nitrogens with one attached hydrogen (secondary N) is 1. The molecule has 12 heteroatoms. The first kappa shape index (κ1) is 25.7. The smallest absolute Gasteiger partial charge is 0.215 e. The Balaban J connectivity index is 1.70. The van der Waals surface area contributed by atoms with Crippen molar-refractivity contribution in [1.82, 2.24) is 5.32 Å². The van der Waals surface area contributed by atoms with Crippen LogP contribution in [0.4, 0.5) is 0 Å². The molecular formula is C20H39N5O7. The summed E-state index contributed by atoms with van der Waals surface area (Å²) in [7, 11) is 1.62. The van der Waals surface area contributed by atoms with E-state index in [0.29, 0.717) is 18.6 Å². The molecule has 0 aromatic carbocycles. The molecule has 32 heavy (non-hydrogen) atoms. The van der Waals surface area contributed by atoms with Crippen LogP contribution in [0.25, 0.3) is 0 Å². The Hall–Kier alpha value is -0.900. The van der Waals surface area contributed by atoms with E-state index in [-0.39, 0.29) is 12.6 Å². The molecule has 0 radical (unpaired) electrons. The van der Waals surface area contributed by atoms with Gasteiger partial charge in [0.05, 0.1) is 24.7 Å². The predicted octanol–water partition coefficient (Wildman–Crippen LogP) is -3.46. The number of hydrogen-bond acceptors (Lipinski definition) is 12. The summed E-state index contributed by atoms with van der Waals surface area (Å²) in [4.78, 5) is 0. The van der Waals surface area contributed by atoms with Crippen LogP contribution in [0, 0.1) is 0 Å². The molecule has 0 aromatic rings. The van der Waals surface area contributed by atoms with E-state index in [0.717, 1.165) is 0 Å². The minimum Gasteiger partial charge on any atom is -0.466 e. The molecular weight excluding hydrogens is 422 g/mol. The lowest BCUT2D eigenvalue weighted by atomic mass is 9.84. The third-order valence-electron chi connectivity index (χ3n) is 6.43. The second-order valence-electron chi connectivity index (χ2n) is 9.33. The maximum Gasteiger partial charge on any atom is 0.215 e. The average molecular weight is 462 g/mol. The molecule has 0 aromatic heterocycles. The molecule has 1 saturated heterocycles. The van der Waals surface area contributed by atoms with Crippen molar-refractivity contribution in [3.8, 4) is 0 Å². The van der Waals surface area contributed by atoms with E-state index in [1.165, 1.54) is 0 Å². The van der Waals surface area contributed by atoms with Crippen LogP contribution in [0.15, 0.2) is 11.8 Å². The van der Waals surface area contributed by atoms with Crippen LogP contribution in [0.2, 0.25) is 0 Å². The largest absolute Gasteiger partial charge is 0.466 e. The predicted molar refractivity (Wildman–Crippen MR) is 115 cm³/mol. The monoisotopic (exact) mass is 461 g/mol. The molecule has 0 unspecified atom stereocenters. The SMILES string of the molecule is CN[C@@H]1[C@@H](O)[C@@H](O[C@@H]2[C@@H](O)[C@H](O[C@H]3OC([C@@H](C)N)=CC[C@H]3N)[C@@H](N)C[C@H]2N)OC[C@]1(C)O. The highest BCUT2D eigenvalue weighted by Gasteiger charge is 2.50. The summed E-state index contributed by atoms with van der Waals surface area (Å²) in [5, 5.41) is 35.0. The highest BCUT2D eigenvalue weighted by Crippen LogP contribution is 2.31. The zero-order valence-corrected chi connectivity index (χ0v) is 18.8. The first-order chi connectivity index (χ1) is 15.0. The second kappa shape index (κ2) is 10.2. The lowest BCUT2D eigenvalue weighted by Gasteiger charge is -2.48. The van der Waals surface area contributed by atoms with Gasteiger partial charge in [-0.3, -0.25) is 0 Å². The van der Waals surface area contributed by atoms with Gasteiger partial charge < -0.3 is 62.5 Å². The quantitative estimate of drug-likeness (QED) is 0.194. The number of ether oxygens (including phenoxy) is 4. The molecule has 2 fully saturated rings. The highest BCUT2D eigenvalue weighted by atomic mass is 16.7. The van der Waals surface area contributed by atoms with Crippen molar-refractivity contribution in [2.45, 2.75) is 99.5 Å². The van der Waals surface area contributed by atoms with Crippen LogP contribution < -0.4 is 28.3 Å². The Morgan fingerprint density at radius 3 is 2.25 bits per heavy atom. The van der Waals surface area contributed by atoms with Crippen molar-refractivity contribution in [3.63, 3.8) is 0 Å². The second-order valence-corrected chi connectivity index (χ2v) is 9.33. The fourth-order valence-corrected chi connectivity index (χ4v) is 4.57. The van der Waals surface area contributed by atoms with E-state index in [1.807, 2.05) is 6.08 Å². The van der Waals surface area contributed by atoms with Crippen molar-refractivity contribution >= 4 is 0 Å². The maximum absolute atomic E-state index is 11.1. The molecule has 3 rings (SSSR count). The van der Waals surface area contributed by atoms with E-state index in [9.17, 15) is 15.3 Å². The van der Waals surface area contributed by atoms with Crippen molar-refractivity contribution < 1.29 is 34.3 Å². The van der Waals surface area contributed by atoms with Gasteiger partial charge in [0.1, 0.15) is 35.8 Å². The van der Waals surface area contributed by atoms with E-state index < -0.39 is 66.8 Å². The third kappa shape index (κ3) is 5.26. The van der Waals surface area contributed by atoms with Crippen molar-refractivity contribution in [1.29, 1.82) is 0 Å². The van der Waals surface area contributed by atoms with Crippen LogP contribution in [0.1, 0.15) is 26.7 Å². The van der Waals surface area contributed by atoms with Gasteiger partial charge in [-0.15, -0.1) is 0 Å². The summed E-state index contributed by atoms with van der Waals surface area (Å²) in [5.74, 6) is 0.559. The maximum atomic E-state index is 11.1.